The molecule has 2 aromatic carbocycles. The molecule has 0 saturated carbocycles. The molecule has 4 rings (SSSR count). The molecular formula is C22H16Cl3N10NaO2. The predicted molar refractivity (Wildman–Crippen MR) is 143 cm³/mol. The molecule has 0 aliphatic heterocycles. The standard InChI is InChI=1S/C11H8Cl2N2O.C11H8ClN5O.N3.Na/c1-7-3-2-4-8(5-7)15-11(16)10(13)9(12)6-14-15;1-7-3-2-4-8(5-7)17-11(18)10(12)9(6-14-17)15-16-13;1-3-2;/h2-6H,1H3;2-6H,1H3;;/q;;-1;+1. The summed E-state index contributed by atoms with van der Waals surface area (Å²) in [7, 11) is 0. The van der Waals surface area contributed by atoms with Gasteiger partial charge in [0.25, 0.3) is 11.1 Å². The van der Waals surface area contributed by atoms with Crippen LogP contribution in [-0.4, -0.2) is 19.6 Å². The van der Waals surface area contributed by atoms with Gasteiger partial charge in [0.15, 0.2) is 0 Å². The fourth-order valence-corrected chi connectivity index (χ4v) is 3.26. The molecular weight excluding hydrogens is 566 g/mol. The molecule has 0 amide bonds. The zero-order chi connectivity index (χ0) is 27.5. The van der Waals surface area contributed by atoms with E-state index < -0.39 is 11.1 Å². The molecule has 2 aromatic heterocycles. The van der Waals surface area contributed by atoms with Gasteiger partial charge in [-0.2, -0.15) is 19.6 Å². The Labute approximate surface area is 252 Å². The van der Waals surface area contributed by atoms with Crippen LogP contribution in [0.4, 0.5) is 5.69 Å². The largest absolute Gasteiger partial charge is 1.00 e. The summed E-state index contributed by atoms with van der Waals surface area (Å²) in [6.07, 6.45) is 2.61. The number of azide groups is 1. The molecule has 2 heterocycles. The third-order valence-corrected chi connectivity index (χ3v) is 5.53. The molecule has 38 heavy (non-hydrogen) atoms. The van der Waals surface area contributed by atoms with Crippen LogP contribution in [0.15, 0.2) is 75.6 Å². The van der Waals surface area contributed by atoms with Crippen LogP contribution in [-0.2, 0) is 0 Å². The second-order valence-corrected chi connectivity index (χ2v) is 8.20. The number of rotatable bonds is 3. The van der Waals surface area contributed by atoms with Gasteiger partial charge < -0.3 is 11.1 Å². The van der Waals surface area contributed by atoms with Crippen LogP contribution in [0.3, 0.4) is 0 Å². The number of nitrogens with zero attached hydrogens (tertiary/aromatic N) is 10. The van der Waals surface area contributed by atoms with E-state index in [1.165, 1.54) is 22.0 Å². The average Bonchev–Trinajstić information content (AvgIpc) is 2.87. The van der Waals surface area contributed by atoms with Gasteiger partial charge in [0.1, 0.15) is 10.0 Å². The van der Waals surface area contributed by atoms with E-state index in [1.807, 2.05) is 44.2 Å². The average molecular weight is 582 g/mol. The van der Waals surface area contributed by atoms with Crippen LogP contribution in [0.5, 0.6) is 0 Å². The summed E-state index contributed by atoms with van der Waals surface area (Å²) in [5, 5.41) is 11.2. The second-order valence-electron chi connectivity index (χ2n) is 7.04. The minimum Gasteiger partial charge on any atom is -0.373 e. The second kappa shape index (κ2) is 15.8. The third-order valence-electron chi connectivity index (χ3n) is 4.42. The maximum absolute atomic E-state index is 12.0. The fraction of sp³-hybridized carbons (Fsp3) is 0.0909. The smallest absolute Gasteiger partial charge is 0.373 e. The number of aryl methyl sites for hydroxylation is 2. The Morgan fingerprint density at radius 1 is 0.789 bits per heavy atom. The quantitative estimate of drug-likeness (QED) is 0.154. The number of hydrogen-bond donors (Lipinski definition) is 0. The third kappa shape index (κ3) is 8.63. The van der Waals surface area contributed by atoms with E-state index in [-0.39, 0.29) is 50.3 Å². The van der Waals surface area contributed by atoms with Gasteiger partial charge in [-0.1, -0.05) is 64.2 Å². The minimum atomic E-state index is -0.521. The molecule has 0 unspecified atom stereocenters. The van der Waals surface area contributed by atoms with E-state index in [0.29, 0.717) is 11.4 Å². The molecule has 0 fully saturated rings. The summed E-state index contributed by atoms with van der Waals surface area (Å²) in [5.74, 6) is 0. The van der Waals surface area contributed by atoms with Crippen molar-refractivity contribution in [3.8, 4) is 11.4 Å². The van der Waals surface area contributed by atoms with E-state index in [1.54, 1.807) is 18.2 Å². The molecule has 0 saturated heterocycles. The van der Waals surface area contributed by atoms with E-state index in [9.17, 15) is 9.59 Å². The summed E-state index contributed by atoms with van der Waals surface area (Å²) in [5.41, 5.74) is 24.2. The van der Waals surface area contributed by atoms with E-state index in [2.05, 4.69) is 20.2 Å². The van der Waals surface area contributed by atoms with E-state index in [0.717, 1.165) is 15.8 Å². The summed E-state index contributed by atoms with van der Waals surface area (Å²) >= 11 is 17.3. The Bertz CT molecular complexity index is 1630. The topological polar surface area (TPSA) is 177 Å². The van der Waals surface area contributed by atoms with Gasteiger partial charge in [-0.05, 0) is 54.8 Å². The van der Waals surface area contributed by atoms with Gasteiger partial charge in [0.05, 0.1) is 34.5 Å². The number of aromatic nitrogens is 4. The van der Waals surface area contributed by atoms with Crippen molar-refractivity contribution in [2.75, 3.05) is 0 Å². The summed E-state index contributed by atoms with van der Waals surface area (Å²) < 4.78 is 2.38. The molecule has 0 atom stereocenters. The first-order chi connectivity index (χ1) is 17.6. The molecule has 0 aliphatic carbocycles. The summed E-state index contributed by atoms with van der Waals surface area (Å²) in [4.78, 5) is 27.8. The van der Waals surface area contributed by atoms with E-state index in [4.69, 9.17) is 51.4 Å². The molecule has 16 heteroatoms. The van der Waals surface area contributed by atoms with Gasteiger partial charge in [-0.3, -0.25) is 14.5 Å². The SMILES string of the molecule is Cc1cccc(-n2ncc(Cl)c(Cl)c2=O)c1.Cc1cccc(-n2ncc(N=[N+]=[N-])c(Cl)c2=O)c1.[N-]=[N+]=[N-].[Na+]. The van der Waals surface area contributed by atoms with Crippen molar-refractivity contribution in [3.63, 3.8) is 0 Å². The van der Waals surface area contributed by atoms with Crippen LogP contribution >= 0.6 is 34.8 Å². The Morgan fingerprint density at radius 3 is 1.68 bits per heavy atom. The van der Waals surface area contributed by atoms with Crippen molar-refractivity contribution < 1.29 is 29.6 Å². The van der Waals surface area contributed by atoms with Crippen LogP contribution in [0.2, 0.25) is 15.1 Å². The Hall–Kier alpha value is -3.31. The molecule has 0 N–H and O–H groups in total. The predicted octanol–water partition coefficient (Wildman–Crippen LogP) is 3.85. The zero-order valence-electron chi connectivity index (χ0n) is 20.2. The first kappa shape index (κ1) is 32.7. The molecule has 0 aliphatic rings. The maximum Gasteiger partial charge on any atom is 1.00 e. The maximum atomic E-state index is 12.0. The molecule has 0 bridgehead atoms. The monoisotopic (exact) mass is 580 g/mol. The first-order valence-electron chi connectivity index (χ1n) is 10.0. The van der Waals surface area contributed by atoms with Crippen molar-refractivity contribution in [1.82, 2.24) is 19.6 Å². The van der Waals surface area contributed by atoms with Crippen molar-refractivity contribution in [1.29, 1.82) is 0 Å². The molecule has 188 valence electrons. The van der Waals surface area contributed by atoms with Gasteiger partial charge in [0.2, 0.25) is 0 Å². The van der Waals surface area contributed by atoms with Crippen LogP contribution in [0.25, 0.3) is 37.8 Å². The van der Waals surface area contributed by atoms with Crippen LogP contribution in [0, 0.1) is 13.8 Å². The van der Waals surface area contributed by atoms with Crippen LogP contribution in [0.1, 0.15) is 11.1 Å². The first-order valence-corrected chi connectivity index (χ1v) is 11.2. The number of hydrogen-bond acceptors (Lipinski definition) is 5. The molecule has 0 spiro atoms. The van der Waals surface area contributed by atoms with Crippen molar-refractivity contribution in [3.05, 3.63) is 134 Å². The Balaban J connectivity index is 0.000000338. The van der Waals surface area contributed by atoms with E-state index >= 15 is 0 Å². The molecule has 0 radical (unpaired) electrons. The van der Waals surface area contributed by atoms with Crippen molar-refractivity contribution >= 4 is 40.5 Å². The Morgan fingerprint density at radius 2 is 1.24 bits per heavy atom. The van der Waals surface area contributed by atoms with Gasteiger partial charge in [-0.15, -0.1) is 0 Å². The summed E-state index contributed by atoms with van der Waals surface area (Å²) in [6, 6.07) is 14.7. The zero-order valence-corrected chi connectivity index (χ0v) is 24.5. The van der Waals surface area contributed by atoms with Gasteiger partial charge >= 0.3 is 29.6 Å². The molecule has 12 nitrogen and oxygen atoms in total. The normalized spacial score (nSPS) is 9.29. The molecule has 4 aromatic rings. The number of halogens is 3. The van der Waals surface area contributed by atoms with Crippen LogP contribution < -0.4 is 40.7 Å². The summed E-state index contributed by atoms with van der Waals surface area (Å²) in [6.45, 7) is 3.84. The Kier molecular flexibility index (Phi) is 13.6. The fourth-order valence-electron chi connectivity index (χ4n) is 2.84. The number of benzene rings is 2. The van der Waals surface area contributed by atoms with Gasteiger partial charge in [-0.25, -0.2) is 0 Å². The van der Waals surface area contributed by atoms with Crippen molar-refractivity contribution in [2.45, 2.75) is 13.8 Å². The minimum absolute atomic E-state index is 0. The van der Waals surface area contributed by atoms with Crippen molar-refractivity contribution in [2.24, 2.45) is 5.11 Å². The van der Waals surface area contributed by atoms with Gasteiger partial charge in [0, 0.05) is 4.91 Å².